The molecule has 12 heteroatoms. The van der Waals surface area contributed by atoms with Gasteiger partial charge in [-0.3, -0.25) is 0 Å². The molecule has 2 aliphatic heterocycles. The van der Waals surface area contributed by atoms with Gasteiger partial charge in [0.1, 0.15) is 22.7 Å². The minimum atomic E-state index is -0.624. The van der Waals surface area contributed by atoms with E-state index >= 15 is 0 Å². The number of H-pyrrole nitrogens is 1. The number of aromatic nitrogens is 3. The summed E-state index contributed by atoms with van der Waals surface area (Å²) in [6, 6.07) is 7.37. The van der Waals surface area contributed by atoms with Crippen molar-refractivity contribution < 1.29 is 24.2 Å². The van der Waals surface area contributed by atoms with Crippen molar-refractivity contribution in [2.45, 2.75) is 90.1 Å². The molecule has 2 aliphatic rings. The molecule has 3 N–H and O–H groups in total. The molecule has 238 valence electrons. The number of amides is 2. The number of halogens is 1. The Balaban J connectivity index is 1.30. The summed E-state index contributed by atoms with van der Waals surface area (Å²) in [4.78, 5) is 41.5. The number of likely N-dealkylation sites (tertiary alicyclic amines) is 2. The lowest BCUT2D eigenvalue weighted by Gasteiger charge is -2.33. The van der Waals surface area contributed by atoms with Gasteiger partial charge in [0.15, 0.2) is 0 Å². The molecule has 2 amide bonds. The zero-order chi connectivity index (χ0) is 31.8. The molecule has 0 aromatic carbocycles. The fraction of sp³-hybridized carbons (Fsp3) is 0.562. The fourth-order valence-electron chi connectivity index (χ4n) is 5.75. The van der Waals surface area contributed by atoms with Crippen LogP contribution in [-0.4, -0.2) is 91.6 Å². The molecule has 5 rings (SSSR count). The normalized spacial score (nSPS) is 19.8. The number of nitrogens with zero attached hydrogens (tertiary/aromatic N) is 4. The Hall–Kier alpha value is -3.57. The summed E-state index contributed by atoms with van der Waals surface area (Å²) in [6.07, 6.45) is 2.49. The second-order valence-corrected chi connectivity index (χ2v) is 14.1. The minimum absolute atomic E-state index is 0.228. The first-order valence-corrected chi connectivity index (χ1v) is 15.6. The maximum absolute atomic E-state index is 12.7. The summed E-state index contributed by atoms with van der Waals surface area (Å²) < 4.78 is 11.1. The predicted octanol–water partition coefficient (Wildman–Crippen LogP) is 6.18. The van der Waals surface area contributed by atoms with Gasteiger partial charge in [-0.2, -0.15) is 0 Å². The molecule has 0 unspecified atom stereocenters. The van der Waals surface area contributed by atoms with E-state index in [0.29, 0.717) is 42.6 Å². The van der Waals surface area contributed by atoms with Gasteiger partial charge in [-0.1, -0.05) is 11.6 Å². The van der Waals surface area contributed by atoms with Crippen LogP contribution in [0.4, 0.5) is 15.4 Å². The van der Waals surface area contributed by atoms with Crippen LogP contribution in [0, 0.1) is 0 Å². The maximum Gasteiger partial charge on any atom is 0.410 e. The van der Waals surface area contributed by atoms with Crippen LogP contribution >= 0.6 is 11.6 Å². The van der Waals surface area contributed by atoms with E-state index in [1.807, 2.05) is 47.6 Å². The first kappa shape index (κ1) is 31.8. The van der Waals surface area contributed by atoms with Gasteiger partial charge in [0.05, 0.1) is 29.4 Å². The molecular formula is C32H43ClN6O5. The molecule has 2 saturated heterocycles. The molecule has 11 nitrogen and oxygen atoms in total. The lowest BCUT2D eigenvalue weighted by atomic mass is 9.93. The standard InChI is InChI=1S/C32H43ClN6O5/c1-31(2,3)43-29(41)38-13-10-19(11-14-38)25-16-23-22(9-12-34-28(23)36-25)27-24(33)7-8-26(37-27)35-17-20-15-21(40)18-39(20)30(42)44-32(4,5)6/h7-9,12,16,19-21,40H,10-11,13-15,17-18H2,1-6H3,(H,34,36)(H,35,37)/t20-,21+/m1/s1. The number of β-amino-alcohol motifs (C(OH)–C–C–N with tert-alkyl or cyclic N) is 1. The van der Waals surface area contributed by atoms with Crippen LogP contribution < -0.4 is 5.32 Å². The van der Waals surface area contributed by atoms with Gasteiger partial charge >= 0.3 is 12.2 Å². The van der Waals surface area contributed by atoms with E-state index in [2.05, 4.69) is 21.4 Å². The molecular weight excluding hydrogens is 584 g/mol. The van der Waals surface area contributed by atoms with E-state index in [9.17, 15) is 14.7 Å². The quantitative estimate of drug-likeness (QED) is 0.306. The summed E-state index contributed by atoms with van der Waals surface area (Å²) in [5.74, 6) is 0.854. The van der Waals surface area contributed by atoms with Gasteiger partial charge in [-0.05, 0) is 85.1 Å². The van der Waals surface area contributed by atoms with Gasteiger partial charge in [-0.15, -0.1) is 0 Å². The first-order chi connectivity index (χ1) is 20.7. The SMILES string of the molecule is CC(C)(C)OC(=O)N1CCC(c2cc3c(-c4nc(NC[C@H]5C[C@H](O)CN5C(=O)OC(C)(C)C)ccc4Cl)ccnc3[nH]2)CC1. The number of hydrogen-bond donors (Lipinski definition) is 3. The molecule has 0 spiro atoms. The molecule has 0 radical (unpaired) electrons. The summed E-state index contributed by atoms with van der Waals surface area (Å²) in [5.41, 5.74) is 2.14. The number of aromatic amines is 1. The van der Waals surface area contributed by atoms with E-state index in [1.165, 1.54) is 0 Å². The van der Waals surface area contributed by atoms with Crippen molar-refractivity contribution in [3.8, 4) is 11.3 Å². The molecule has 0 bridgehead atoms. The summed E-state index contributed by atoms with van der Waals surface area (Å²) in [7, 11) is 0. The number of ether oxygens (including phenoxy) is 2. The first-order valence-electron chi connectivity index (χ1n) is 15.2. The third kappa shape index (κ3) is 7.55. The Kier molecular flexibility index (Phi) is 9.00. The van der Waals surface area contributed by atoms with Gasteiger partial charge < -0.3 is 34.7 Å². The third-order valence-corrected chi connectivity index (χ3v) is 8.08. The number of anilines is 1. The predicted molar refractivity (Wildman–Crippen MR) is 170 cm³/mol. The second kappa shape index (κ2) is 12.4. The van der Waals surface area contributed by atoms with Crippen LogP contribution in [0.15, 0.2) is 30.5 Å². The lowest BCUT2D eigenvalue weighted by Crippen LogP contribution is -2.42. The number of fused-ring (bicyclic) bond motifs is 1. The van der Waals surface area contributed by atoms with Crippen molar-refractivity contribution >= 4 is 40.6 Å². The second-order valence-electron chi connectivity index (χ2n) is 13.7. The summed E-state index contributed by atoms with van der Waals surface area (Å²) >= 11 is 6.68. The van der Waals surface area contributed by atoms with Crippen LogP contribution in [0.3, 0.4) is 0 Å². The number of nitrogens with one attached hydrogen (secondary N) is 2. The molecule has 44 heavy (non-hydrogen) atoms. The topological polar surface area (TPSA) is 133 Å². The minimum Gasteiger partial charge on any atom is -0.444 e. The fourth-order valence-corrected chi connectivity index (χ4v) is 5.96. The van der Waals surface area contributed by atoms with E-state index in [-0.39, 0.29) is 24.6 Å². The lowest BCUT2D eigenvalue weighted by molar-refractivity contribution is 0.0198. The highest BCUT2D eigenvalue weighted by Gasteiger charge is 2.37. The van der Waals surface area contributed by atoms with Crippen LogP contribution in [-0.2, 0) is 9.47 Å². The van der Waals surface area contributed by atoms with Crippen LogP contribution in [0.25, 0.3) is 22.3 Å². The number of aliphatic hydroxyl groups excluding tert-OH is 1. The number of rotatable bonds is 5. The van der Waals surface area contributed by atoms with Gasteiger partial charge in [0.25, 0.3) is 0 Å². The van der Waals surface area contributed by atoms with Crippen LogP contribution in [0.2, 0.25) is 5.02 Å². The molecule has 0 saturated carbocycles. The van der Waals surface area contributed by atoms with Crippen LogP contribution in [0.1, 0.15) is 72.4 Å². The zero-order valence-corrected chi connectivity index (χ0v) is 27.1. The largest absolute Gasteiger partial charge is 0.444 e. The van der Waals surface area contributed by atoms with Crippen molar-refractivity contribution in [1.29, 1.82) is 0 Å². The smallest absolute Gasteiger partial charge is 0.410 e. The van der Waals surface area contributed by atoms with Gasteiger partial charge in [0, 0.05) is 48.4 Å². The molecule has 2 fully saturated rings. The number of piperidine rings is 1. The number of pyridine rings is 2. The van der Waals surface area contributed by atoms with Crippen molar-refractivity contribution in [2.24, 2.45) is 0 Å². The van der Waals surface area contributed by atoms with Crippen molar-refractivity contribution in [3.63, 3.8) is 0 Å². The number of carbonyl (C=O) groups is 2. The van der Waals surface area contributed by atoms with E-state index in [4.69, 9.17) is 26.1 Å². The average molecular weight is 627 g/mol. The molecule has 2 atom stereocenters. The van der Waals surface area contributed by atoms with E-state index < -0.39 is 23.4 Å². The highest BCUT2D eigenvalue weighted by Crippen LogP contribution is 2.36. The van der Waals surface area contributed by atoms with Crippen molar-refractivity contribution in [3.05, 3.63) is 41.2 Å². The Morgan fingerprint density at radius 1 is 1.07 bits per heavy atom. The molecule has 3 aromatic rings. The molecule has 3 aromatic heterocycles. The Labute approximate surface area is 263 Å². The zero-order valence-electron chi connectivity index (χ0n) is 26.3. The number of carbonyl (C=O) groups excluding carboxylic acids is 2. The molecule has 5 heterocycles. The van der Waals surface area contributed by atoms with Crippen LogP contribution in [0.5, 0.6) is 0 Å². The van der Waals surface area contributed by atoms with Crippen molar-refractivity contribution in [2.75, 3.05) is 31.5 Å². The Morgan fingerprint density at radius 2 is 1.75 bits per heavy atom. The van der Waals surface area contributed by atoms with E-state index in [0.717, 1.165) is 35.1 Å². The monoisotopic (exact) mass is 626 g/mol. The number of aliphatic hydroxyl groups is 1. The summed E-state index contributed by atoms with van der Waals surface area (Å²) in [5, 5.41) is 15.0. The Bertz CT molecular complexity index is 1510. The van der Waals surface area contributed by atoms with Gasteiger partial charge in [0.2, 0.25) is 0 Å². The third-order valence-electron chi connectivity index (χ3n) is 7.78. The highest BCUT2D eigenvalue weighted by molar-refractivity contribution is 6.33. The van der Waals surface area contributed by atoms with Crippen molar-refractivity contribution in [1.82, 2.24) is 24.8 Å². The Morgan fingerprint density at radius 3 is 2.43 bits per heavy atom. The average Bonchev–Trinajstić information content (AvgIpc) is 3.54. The number of hydrogen-bond acceptors (Lipinski definition) is 8. The molecule has 0 aliphatic carbocycles. The maximum atomic E-state index is 12.7. The highest BCUT2D eigenvalue weighted by atomic mass is 35.5. The van der Waals surface area contributed by atoms with E-state index in [1.54, 1.807) is 28.1 Å². The summed E-state index contributed by atoms with van der Waals surface area (Å²) in [6.45, 7) is 13.0. The van der Waals surface area contributed by atoms with Gasteiger partial charge in [-0.25, -0.2) is 19.6 Å².